The van der Waals surface area contributed by atoms with Gasteiger partial charge in [0.25, 0.3) is 5.56 Å². The number of imide groups is 1. The SMILES string of the molecule is CC.CC1=c2c(nc(C)n(C3CCC(=O)NC3=O)c2=O)=CCC1. The highest BCUT2D eigenvalue weighted by Crippen LogP contribution is 2.17. The van der Waals surface area contributed by atoms with Crippen LogP contribution in [0.3, 0.4) is 0 Å². The lowest BCUT2D eigenvalue weighted by Gasteiger charge is -2.24. The first-order valence-corrected chi connectivity index (χ1v) is 8.12. The predicted molar refractivity (Wildman–Crippen MR) is 88.0 cm³/mol. The van der Waals surface area contributed by atoms with Crippen LogP contribution in [0.1, 0.15) is 58.3 Å². The molecule has 1 aliphatic carbocycles. The number of carbonyl (C=O) groups excluding carboxylic acids is 2. The Kier molecular flexibility index (Phi) is 5.13. The number of aryl methyl sites for hydroxylation is 1. The number of nitrogens with zero attached hydrogens (tertiary/aromatic N) is 2. The van der Waals surface area contributed by atoms with E-state index < -0.39 is 11.9 Å². The number of carbonyl (C=O) groups is 2. The smallest absolute Gasteiger partial charge is 0.262 e. The molecule has 1 saturated heterocycles. The van der Waals surface area contributed by atoms with Gasteiger partial charge >= 0.3 is 0 Å². The standard InChI is InChI=1S/C15H17N3O3.C2H6/c1-8-4-3-5-10-13(8)15(21)18(9(2)16-10)11-6-7-12(19)17-14(11)20;1-2/h5,11H,3-4,6-7H2,1-2H3,(H,17,19,20);1-2H3. The predicted octanol–water partition coefficient (Wildman–Crippen LogP) is 0.301. The van der Waals surface area contributed by atoms with Crippen molar-refractivity contribution in [1.29, 1.82) is 0 Å². The molecule has 2 heterocycles. The van der Waals surface area contributed by atoms with Crippen LogP contribution in [-0.2, 0) is 9.59 Å². The second kappa shape index (κ2) is 6.89. The molecule has 0 saturated carbocycles. The number of fused-ring (bicyclic) bond motifs is 1. The molecule has 1 fully saturated rings. The van der Waals surface area contributed by atoms with Gasteiger partial charge in [-0.15, -0.1) is 0 Å². The maximum Gasteiger partial charge on any atom is 0.262 e. The summed E-state index contributed by atoms with van der Waals surface area (Å²) in [6.07, 6.45) is 4.27. The number of nitrogens with one attached hydrogen (secondary N) is 1. The van der Waals surface area contributed by atoms with Crippen molar-refractivity contribution in [3.05, 3.63) is 26.7 Å². The van der Waals surface area contributed by atoms with Gasteiger partial charge in [-0.3, -0.25) is 24.3 Å². The number of amides is 2. The van der Waals surface area contributed by atoms with E-state index in [9.17, 15) is 14.4 Å². The Labute approximate surface area is 134 Å². The fourth-order valence-electron chi connectivity index (χ4n) is 3.06. The van der Waals surface area contributed by atoms with Crippen molar-refractivity contribution in [1.82, 2.24) is 14.9 Å². The van der Waals surface area contributed by atoms with E-state index in [1.54, 1.807) is 6.92 Å². The molecule has 6 heteroatoms. The number of rotatable bonds is 1. The van der Waals surface area contributed by atoms with Crippen molar-refractivity contribution in [2.45, 2.75) is 59.4 Å². The van der Waals surface area contributed by atoms with Gasteiger partial charge in [-0.05, 0) is 33.1 Å². The number of piperidine rings is 1. The summed E-state index contributed by atoms with van der Waals surface area (Å²) < 4.78 is 1.43. The van der Waals surface area contributed by atoms with E-state index in [4.69, 9.17) is 0 Å². The van der Waals surface area contributed by atoms with E-state index in [-0.39, 0.29) is 17.9 Å². The van der Waals surface area contributed by atoms with E-state index in [0.29, 0.717) is 22.8 Å². The van der Waals surface area contributed by atoms with Gasteiger partial charge in [0.1, 0.15) is 11.9 Å². The molecule has 1 aromatic heterocycles. The fraction of sp³-hybridized carbons (Fsp3) is 0.529. The molecule has 124 valence electrons. The number of aromatic nitrogens is 2. The van der Waals surface area contributed by atoms with Gasteiger partial charge < -0.3 is 0 Å². The van der Waals surface area contributed by atoms with Gasteiger partial charge in [0.15, 0.2) is 0 Å². The molecule has 1 aliphatic heterocycles. The van der Waals surface area contributed by atoms with Crippen LogP contribution in [0.4, 0.5) is 0 Å². The summed E-state index contributed by atoms with van der Waals surface area (Å²) in [6.45, 7) is 7.65. The Morgan fingerprint density at radius 2 is 1.87 bits per heavy atom. The average molecular weight is 317 g/mol. The van der Waals surface area contributed by atoms with Crippen molar-refractivity contribution < 1.29 is 9.59 Å². The highest BCUT2D eigenvalue weighted by molar-refractivity contribution is 5.99. The Bertz CT molecular complexity index is 821. The first-order chi connectivity index (χ1) is 11.0. The molecule has 1 aromatic rings. The minimum absolute atomic E-state index is 0.180. The molecule has 23 heavy (non-hydrogen) atoms. The Balaban J connectivity index is 0.000000924. The zero-order valence-electron chi connectivity index (χ0n) is 14.1. The highest BCUT2D eigenvalue weighted by Gasteiger charge is 2.30. The molecular weight excluding hydrogens is 294 g/mol. The van der Waals surface area contributed by atoms with Gasteiger partial charge in [0.05, 0.1) is 10.6 Å². The second-order valence-electron chi connectivity index (χ2n) is 5.58. The molecule has 6 nitrogen and oxygen atoms in total. The second-order valence-corrected chi connectivity index (χ2v) is 5.58. The fourth-order valence-corrected chi connectivity index (χ4v) is 3.06. The third-order valence-corrected chi connectivity index (χ3v) is 4.13. The number of hydrogen-bond donors (Lipinski definition) is 1. The summed E-state index contributed by atoms with van der Waals surface area (Å²) in [6, 6.07) is -0.650. The molecule has 1 N–H and O–H groups in total. The van der Waals surface area contributed by atoms with Crippen molar-refractivity contribution in [3.63, 3.8) is 0 Å². The van der Waals surface area contributed by atoms with Crippen molar-refractivity contribution >= 4 is 23.5 Å². The monoisotopic (exact) mass is 317 g/mol. The van der Waals surface area contributed by atoms with E-state index in [1.165, 1.54) is 4.57 Å². The Morgan fingerprint density at radius 1 is 1.17 bits per heavy atom. The summed E-state index contributed by atoms with van der Waals surface area (Å²) in [5, 5.41) is 3.61. The van der Waals surface area contributed by atoms with E-state index in [0.717, 1.165) is 18.4 Å². The lowest BCUT2D eigenvalue weighted by Crippen LogP contribution is -2.54. The first-order valence-electron chi connectivity index (χ1n) is 8.12. The molecule has 1 atom stereocenters. The number of hydrogen-bond acceptors (Lipinski definition) is 4. The summed E-state index contributed by atoms with van der Waals surface area (Å²) >= 11 is 0. The molecule has 0 aromatic carbocycles. The van der Waals surface area contributed by atoms with E-state index in [1.807, 2.05) is 26.8 Å². The van der Waals surface area contributed by atoms with Gasteiger partial charge in [-0.1, -0.05) is 25.5 Å². The largest absolute Gasteiger partial charge is 0.295 e. The lowest BCUT2D eigenvalue weighted by atomic mass is 10.0. The summed E-state index contributed by atoms with van der Waals surface area (Å²) in [5.41, 5.74) is 0.825. The zero-order chi connectivity index (χ0) is 17.1. The minimum atomic E-state index is -0.650. The van der Waals surface area contributed by atoms with Crippen LogP contribution in [-0.4, -0.2) is 21.4 Å². The van der Waals surface area contributed by atoms with Crippen molar-refractivity contribution in [2.24, 2.45) is 0 Å². The highest BCUT2D eigenvalue weighted by atomic mass is 16.2. The van der Waals surface area contributed by atoms with Gasteiger partial charge in [-0.25, -0.2) is 4.98 Å². The zero-order valence-corrected chi connectivity index (χ0v) is 14.1. The van der Waals surface area contributed by atoms with Crippen molar-refractivity contribution in [2.75, 3.05) is 0 Å². The quantitative estimate of drug-likeness (QED) is 0.756. The van der Waals surface area contributed by atoms with Crippen LogP contribution in [0.5, 0.6) is 0 Å². The Hall–Kier alpha value is -2.24. The molecule has 2 aliphatic rings. The minimum Gasteiger partial charge on any atom is -0.295 e. The Morgan fingerprint density at radius 3 is 2.52 bits per heavy atom. The summed E-state index contributed by atoms with van der Waals surface area (Å²) in [5.74, 6) is -0.196. The van der Waals surface area contributed by atoms with E-state index >= 15 is 0 Å². The van der Waals surface area contributed by atoms with Crippen LogP contribution in [0.25, 0.3) is 11.6 Å². The summed E-state index contributed by atoms with van der Waals surface area (Å²) in [7, 11) is 0. The molecule has 3 rings (SSSR count). The first kappa shape index (κ1) is 17.1. The van der Waals surface area contributed by atoms with Gasteiger partial charge in [0.2, 0.25) is 11.8 Å². The third-order valence-electron chi connectivity index (χ3n) is 4.13. The van der Waals surface area contributed by atoms with Gasteiger partial charge in [-0.2, -0.15) is 0 Å². The molecule has 0 bridgehead atoms. The molecule has 1 unspecified atom stereocenters. The van der Waals surface area contributed by atoms with Crippen LogP contribution in [0.15, 0.2) is 4.79 Å². The lowest BCUT2D eigenvalue weighted by molar-refractivity contribution is -0.135. The molecular formula is C17H23N3O3. The van der Waals surface area contributed by atoms with Crippen molar-refractivity contribution in [3.8, 4) is 0 Å². The van der Waals surface area contributed by atoms with Crippen LogP contribution >= 0.6 is 0 Å². The van der Waals surface area contributed by atoms with Crippen LogP contribution in [0, 0.1) is 6.92 Å². The maximum atomic E-state index is 12.8. The molecule has 2 amide bonds. The van der Waals surface area contributed by atoms with Crippen LogP contribution < -0.4 is 21.4 Å². The third kappa shape index (κ3) is 3.11. The summed E-state index contributed by atoms with van der Waals surface area (Å²) in [4.78, 5) is 40.5. The van der Waals surface area contributed by atoms with Gasteiger partial charge in [0, 0.05) is 6.42 Å². The normalized spacial score (nSPS) is 20.0. The van der Waals surface area contributed by atoms with E-state index in [2.05, 4.69) is 10.3 Å². The maximum absolute atomic E-state index is 12.8. The topological polar surface area (TPSA) is 81.1 Å². The van der Waals surface area contributed by atoms with Crippen LogP contribution in [0.2, 0.25) is 0 Å². The average Bonchev–Trinajstić information content (AvgIpc) is 2.51. The molecule has 0 radical (unpaired) electrons. The molecule has 0 spiro atoms.